The summed E-state index contributed by atoms with van der Waals surface area (Å²) in [6, 6.07) is 7.41. The molecule has 0 aliphatic carbocycles. The minimum absolute atomic E-state index is 0.461. The van der Waals surface area contributed by atoms with Crippen LogP contribution in [-0.4, -0.2) is 5.16 Å². The Labute approximate surface area is 92.8 Å². The average Bonchev–Trinajstić information content (AvgIpc) is 2.61. The van der Waals surface area contributed by atoms with Gasteiger partial charge >= 0.3 is 0 Å². The van der Waals surface area contributed by atoms with Crippen LogP contribution in [0.3, 0.4) is 0 Å². The average molecular weight is 223 g/mol. The van der Waals surface area contributed by atoms with Crippen LogP contribution in [0.25, 0.3) is 11.3 Å². The Morgan fingerprint density at radius 3 is 2.60 bits per heavy atom. The monoisotopic (exact) mass is 222 g/mol. The Hall–Kier alpha value is -1.48. The molecular weight excluding hydrogens is 212 g/mol. The number of halogens is 1. The standard InChI is InChI=1S/C11H11ClN2O/c1-2-9-10(15-14-11(9)13)7-3-5-8(12)6-4-7/h3-6H,2H2,1H3,(H2,13,14). The summed E-state index contributed by atoms with van der Waals surface area (Å²) in [7, 11) is 0. The lowest BCUT2D eigenvalue weighted by Crippen LogP contribution is -1.90. The van der Waals surface area contributed by atoms with Crippen LogP contribution in [-0.2, 0) is 6.42 Å². The molecule has 0 aliphatic rings. The summed E-state index contributed by atoms with van der Waals surface area (Å²) in [5.74, 6) is 1.19. The number of aromatic nitrogens is 1. The minimum Gasteiger partial charge on any atom is -0.381 e. The molecule has 15 heavy (non-hydrogen) atoms. The van der Waals surface area contributed by atoms with Crippen molar-refractivity contribution in [1.29, 1.82) is 0 Å². The highest BCUT2D eigenvalue weighted by molar-refractivity contribution is 6.30. The zero-order valence-electron chi connectivity index (χ0n) is 8.33. The second kappa shape index (κ2) is 3.95. The molecule has 0 unspecified atom stereocenters. The van der Waals surface area contributed by atoms with Crippen LogP contribution in [0.2, 0.25) is 5.02 Å². The first-order chi connectivity index (χ1) is 7.22. The summed E-state index contributed by atoms with van der Waals surface area (Å²) in [5.41, 5.74) is 7.58. The molecule has 4 heteroatoms. The molecule has 0 amide bonds. The van der Waals surface area contributed by atoms with Gasteiger partial charge in [-0.15, -0.1) is 0 Å². The molecular formula is C11H11ClN2O. The lowest BCUT2D eigenvalue weighted by molar-refractivity contribution is 0.435. The van der Waals surface area contributed by atoms with Crippen LogP contribution < -0.4 is 5.73 Å². The normalized spacial score (nSPS) is 10.5. The highest BCUT2D eigenvalue weighted by atomic mass is 35.5. The molecule has 0 fully saturated rings. The van der Waals surface area contributed by atoms with Gasteiger partial charge in [-0.2, -0.15) is 0 Å². The molecule has 0 saturated carbocycles. The van der Waals surface area contributed by atoms with Crippen molar-refractivity contribution in [2.45, 2.75) is 13.3 Å². The van der Waals surface area contributed by atoms with E-state index in [4.69, 9.17) is 21.9 Å². The maximum Gasteiger partial charge on any atom is 0.172 e. The third kappa shape index (κ3) is 1.83. The highest BCUT2D eigenvalue weighted by Gasteiger charge is 2.13. The van der Waals surface area contributed by atoms with Crippen LogP contribution in [0.5, 0.6) is 0 Å². The number of nitrogen functional groups attached to an aromatic ring is 1. The summed E-state index contributed by atoms with van der Waals surface area (Å²) in [5, 5.41) is 4.45. The van der Waals surface area contributed by atoms with Gasteiger partial charge < -0.3 is 10.3 Å². The number of rotatable bonds is 2. The van der Waals surface area contributed by atoms with E-state index in [9.17, 15) is 0 Å². The van der Waals surface area contributed by atoms with Crippen molar-refractivity contribution >= 4 is 17.4 Å². The zero-order chi connectivity index (χ0) is 10.8. The largest absolute Gasteiger partial charge is 0.381 e. The van der Waals surface area contributed by atoms with E-state index >= 15 is 0 Å². The molecule has 0 atom stereocenters. The second-order valence-corrected chi connectivity index (χ2v) is 3.67. The summed E-state index contributed by atoms with van der Waals surface area (Å²) in [6.45, 7) is 2.02. The summed E-state index contributed by atoms with van der Waals surface area (Å²) in [4.78, 5) is 0. The van der Waals surface area contributed by atoms with E-state index in [0.717, 1.165) is 23.3 Å². The van der Waals surface area contributed by atoms with Crippen molar-refractivity contribution in [2.24, 2.45) is 0 Å². The predicted octanol–water partition coefficient (Wildman–Crippen LogP) is 3.14. The molecule has 1 heterocycles. The van der Waals surface area contributed by atoms with E-state index in [0.29, 0.717) is 10.8 Å². The van der Waals surface area contributed by atoms with Crippen molar-refractivity contribution in [3.63, 3.8) is 0 Å². The number of nitrogens with zero attached hydrogens (tertiary/aromatic N) is 1. The number of hydrogen-bond donors (Lipinski definition) is 1. The van der Waals surface area contributed by atoms with Gasteiger partial charge in [-0.1, -0.05) is 23.7 Å². The van der Waals surface area contributed by atoms with Crippen molar-refractivity contribution in [3.05, 3.63) is 34.9 Å². The number of benzene rings is 1. The second-order valence-electron chi connectivity index (χ2n) is 3.24. The van der Waals surface area contributed by atoms with Crippen LogP contribution >= 0.6 is 11.6 Å². The van der Waals surface area contributed by atoms with E-state index in [-0.39, 0.29) is 0 Å². The fourth-order valence-corrected chi connectivity index (χ4v) is 1.62. The van der Waals surface area contributed by atoms with Crippen molar-refractivity contribution in [1.82, 2.24) is 5.16 Å². The first-order valence-electron chi connectivity index (χ1n) is 4.72. The Morgan fingerprint density at radius 2 is 2.00 bits per heavy atom. The molecule has 2 aromatic rings. The predicted molar refractivity (Wildman–Crippen MR) is 60.7 cm³/mol. The molecule has 0 aliphatic heterocycles. The number of anilines is 1. The van der Waals surface area contributed by atoms with E-state index in [2.05, 4.69) is 5.16 Å². The molecule has 0 saturated heterocycles. The molecule has 2 N–H and O–H groups in total. The van der Waals surface area contributed by atoms with Gasteiger partial charge in [-0.3, -0.25) is 0 Å². The topological polar surface area (TPSA) is 52.0 Å². The fraction of sp³-hybridized carbons (Fsp3) is 0.182. The van der Waals surface area contributed by atoms with E-state index in [1.165, 1.54) is 0 Å². The molecule has 0 radical (unpaired) electrons. The van der Waals surface area contributed by atoms with Gasteiger partial charge in [0, 0.05) is 16.1 Å². The Bertz CT molecular complexity index is 462. The van der Waals surface area contributed by atoms with Gasteiger partial charge in [-0.25, -0.2) is 0 Å². The van der Waals surface area contributed by atoms with Crippen LogP contribution in [0.4, 0.5) is 5.82 Å². The van der Waals surface area contributed by atoms with Crippen molar-refractivity contribution < 1.29 is 4.52 Å². The maximum absolute atomic E-state index is 5.81. The van der Waals surface area contributed by atoms with E-state index in [1.54, 1.807) is 0 Å². The third-order valence-electron chi connectivity index (χ3n) is 2.28. The van der Waals surface area contributed by atoms with Gasteiger partial charge in [-0.05, 0) is 30.7 Å². The van der Waals surface area contributed by atoms with Crippen molar-refractivity contribution in [2.75, 3.05) is 5.73 Å². The van der Waals surface area contributed by atoms with Gasteiger partial charge in [0.15, 0.2) is 11.6 Å². The Balaban J connectivity index is 2.49. The van der Waals surface area contributed by atoms with E-state index in [1.807, 2.05) is 31.2 Å². The first kappa shape index (κ1) is 10.1. The highest BCUT2D eigenvalue weighted by Crippen LogP contribution is 2.28. The van der Waals surface area contributed by atoms with Gasteiger partial charge in [0.25, 0.3) is 0 Å². The number of hydrogen-bond acceptors (Lipinski definition) is 3. The summed E-state index contributed by atoms with van der Waals surface area (Å²) >= 11 is 5.81. The third-order valence-corrected chi connectivity index (χ3v) is 2.53. The quantitative estimate of drug-likeness (QED) is 0.849. The molecule has 0 bridgehead atoms. The zero-order valence-corrected chi connectivity index (χ0v) is 9.08. The summed E-state index contributed by atoms with van der Waals surface area (Å²) < 4.78 is 5.19. The van der Waals surface area contributed by atoms with Crippen molar-refractivity contribution in [3.8, 4) is 11.3 Å². The molecule has 78 valence electrons. The van der Waals surface area contributed by atoms with Gasteiger partial charge in [0.1, 0.15) is 0 Å². The first-order valence-corrected chi connectivity index (χ1v) is 5.10. The molecule has 2 rings (SSSR count). The Kier molecular flexibility index (Phi) is 2.64. The number of nitrogens with two attached hydrogens (primary N) is 1. The smallest absolute Gasteiger partial charge is 0.172 e. The molecule has 1 aromatic heterocycles. The maximum atomic E-state index is 5.81. The lowest BCUT2D eigenvalue weighted by Gasteiger charge is -1.99. The van der Waals surface area contributed by atoms with Crippen LogP contribution in [0.1, 0.15) is 12.5 Å². The fourth-order valence-electron chi connectivity index (χ4n) is 1.49. The Morgan fingerprint density at radius 1 is 1.33 bits per heavy atom. The summed E-state index contributed by atoms with van der Waals surface area (Å²) in [6.07, 6.45) is 0.799. The van der Waals surface area contributed by atoms with Gasteiger partial charge in [0.05, 0.1) is 0 Å². The molecule has 3 nitrogen and oxygen atoms in total. The van der Waals surface area contributed by atoms with Crippen LogP contribution in [0.15, 0.2) is 28.8 Å². The van der Waals surface area contributed by atoms with E-state index < -0.39 is 0 Å². The van der Waals surface area contributed by atoms with Gasteiger partial charge in [0.2, 0.25) is 0 Å². The minimum atomic E-state index is 0.461. The van der Waals surface area contributed by atoms with Crippen LogP contribution in [0, 0.1) is 0 Å². The molecule has 1 aromatic carbocycles. The molecule has 0 spiro atoms. The lowest BCUT2D eigenvalue weighted by atomic mass is 10.1. The SMILES string of the molecule is CCc1c(N)noc1-c1ccc(Cl)cc1.